The van der Waals surface area contributed by atoms with Crippen molar-refractivity contribution in [1.82, 2.24) is 9.97 Å². The van der Waals surface area contributed by atoms with E-state index in [-0.39, 0.29) is 17.1 Å². The van der Waals surface area contributed by atoms with Crippen molar-refractivity contribution < 1.29 is 17.1 Å². The summed E-state index contributed by atoms with van der Waals surface area (Å²) in [4.78, 5) is 7.93. The van der Waals surface area contributed by atoms with Crippen molar-refractivity contribution in [1.29, 1.82) is 0 Å². The normalized spacial score (nSPS) is 14.8. The Bertz CT molecular complexity index is 723. The molecule has 0 spiro atoms. The molecule has 0 fully saturated rings. The van der Waals surface area contributed by atoms with Gasteiger partial charge in [0.2, 0.25) is 0 Å². The number of hydrogen-bond donors (Lipinski definition) is 1. The van der Waals surface area contributed by atoms with Crippen LogP contribution in [0.5, 0.6) is 0 Å². The van der Waals surface area contributed by atoms with E-state index in [1.54, 1.807) is 0 Å². The molecule has 3 heteroatoms. The summed E-state index contributed by atoms with van der Waals surface area (Å²) in [6.07, 6.45) is 16.8. The molecular formula is C18H18FeN2. The quantitative estimate of drug-likeness (QED) is 0.758. The van der Waals surface area contributed by atoms with Gasteiger partial charge in [0, 0.05) is 17.1 Å². The number of allylic oxidation sites excluding steroid dienone is 8. The van der Waals surface area contributed by atoms with Crippen LogP contribution >= 0.6 is 0 Å². The van der Waals surface area contributed by atoms with E-state index in [4.69, 9.17) is 0 Å². The fourth-order valence-corrected chi connectivity index (χ4v) is 2.29. The number of fused-ring (bicyclic) bond motifs is 1. The maximum atomic E-state index is 4.57. The van der Waals surface area contributed by atoms with Crippen LogP contribution in [0.2, 0.25) is 0 Å². The second-order valence-corrected chi connectivity index (χ2v) is 5.02. The Labute approximate surface area is 135 Å². The minimum absolute atomic E-state index is 0. The Kier molecular flexibility index (Phi) is 5.38. The van der Waals surface area contributed by atoms with Crippen LogP contribution in [0.15, 0.2) is 60.7 Å². The molecule has 0 amide bonds. The Morgan fingerprint density at radius 1 is 1.05 bits per heavy atom. The maximum Gasteiger partial charge on any atom is 0.134 e. The third-order valence-electron chi connectivity index (χ3n) is 3.37. The molecule has 0 bridgehead atoms. The average molecular weight is 318 g/mol. The standard InChI is InChI=1S/C13H12N2.C5H6.Fe/c1-9-6-7-11-12(8-9)15-13(14-11)10-4-2-3-5-10;1-2-4-5-3-1;/h2-4,6-8H,5H2,1H3,(H,14,15);1-4H,5H2;. The maximum absolute atomic E-state index is 4.57. The number of nitrogens with one attached hydrogen (secondary N) is 1. The first-order chi connectivity index (χ1) is 9.83. The first-order valence-electron chi connectivity index (χ1n) is 6.97. The monoisotopic (exact) mass is 318 g/mol. The third-order valence-corrected chi connectivity index (χ3v) is 3.37. The first kappa shape index (κ1) is 15.6. The zero-order chi connectivity index (χ0) is 13.8. The smallest absolute Gasteiger partial charge is 0.134 e. The Balaban J connectivity index is 0.000000231. The number of H-pyrrole nitrogens is 1. The molecule has 21 heavy (non-hydrogen) atoms. The summed E-state index contributed by atoms with van der Waals surface area (Å²) < 4.78 is 0. The van der Waals surface area contributed by atoms with Crippen molar-refractivity contribution in [2.75, 3.05) is 0 Å². The number of aryl methyl sites for hydroxylation is 1. The van der Waals surface area contributed by atoms with Crippen molar-refractivity contribution in [2.24, 2.45) is 0 Å². The average Bonchev–Trinajstić information content (AvgIpc) is 3.20. The first-order valence-corrected chi connectivity index (χ1v) is 6.97. The fourth-order valence-electron chi connectivity index (χ4n) is 2.29. The number of aromatic amines is 1. The van der Waals surface area contributed by atoms with E-state index in [9.17, 15) is 0 Å². The molecule has 1 heterocycles. The van der Waals surface area contributed by atoms with Gasteiger partial charge in [-0.1, -0.05) is 48.6 Å². The van der Waals surface area contributed by atoms with E-state index in [0.717, 1.165) is 29.7 Å². The second-order valence-electron chi connectivity index (χ2n) is 5.02. The largest absolute Gasteiger partial charge is 0.338 e. The van der Waals surface area contributed by atoms with Crippen molar-refractivity contribution in [3.8, 4) is 0 Å². The molecule has 0 saturated carbocycles. The van der Waals surface area contributed by atoms with Crippen LogP contribution in [0.3, 0.4) is 0 Å². The van der Waals surface area contributed by atoms with E-state index in [1.807, 2.05) is 0 Å². The Morgan fingerprint density at radius 2 is 1.86 bits per heavy atom. The summed E-state index contributed by atoms with van der Waals surface area (Å²) in [5.74, 6) is 1.00. The zero-order valence-electron chi connectivity index (χ0n) is 12.0. The van der Waals surface area contributed by atoms with Gasteiger partial charge in [0.05, 0.1) is 11.0 Å². The number of imidazole rings is 1. The van der Waals surface area contributed by atoms with Gasteiger partial charge in [0.25, 0.3) is 0 Å². The van der Waals surface area contributed by atoms with E-state index in [2.05, 4.69) is 77.6 Å². The molecule has 2 aliphatic rings. The minimum Gasteiger partial charge on any atom is -0.338 e. The molecule has 2 nitrogen and oxygen atoms in total. The van der Waals surface area contributed by atoms with Crippen molar-refractivity contribution in [2.45, 2.75) is 19.8 Å². The molecule has 2 aliphatic carbocycles. The van der Waals surface area contributed by atoms with Crippen LogP contribution in [0.25, 0.3) is 16.6 Å². The topological polar surface area (TPSA) is 28.7 Å². The number of aromatic nitrogens is 2. The number of rotatable bonds is 1. The van der Waals surface area contributed by atoms with Gasteiger partial charge in [-0.3, -0.25) is 0 Å². The summed E-state index contributed by atoms with van der Waals surface area (Å²) in [6.45, 7) is 2.09. The number of benzene rings is 1. The second kappa shape index (κ2) is 7.26. The summed E-state index contributed by atoms with van der Waals surface area (Å²) in [7, 11) is 0. The van der Waals surface area contributed by atoms with Crippen LogP contribution < -0.4 is 0 Å². The zero-order valence-corrected chi connectivity index (χ0v) is 13.1. The van der Waals surface area contributed by atoms with Crippen LogP contribution in [0, 0.1) is 6.92 Å². The predicted octanol–water partition coefficient (Wildman–Crippen LogP) is 4.71. The Morgan fingerprint density at radius 3 is 2.48 bits per heavy atom. The van der Waals surface area contributed by atoms with Crippen molar-refractivity contribution >= 4 is 16.6 Å². The molecule has 0 atom stereocenters. The van der Waals surface area contributed by atoms with Crippen LogP contribution in [-0.2, 0) is 17.1 Å². The van der Waals surface area contributed by atoms with Crippen LogP contribution in [0.1, 0.15) is 24.2 Å². The summed E-state index contributed by atoms with van der Waals surface area (Å²) in [5, 5.41) is 0. The number of nitrogens with zero attached hydrogens (tertiary/aromatic N) is 1. The summed E-state index contributed by atoms with van der Waals surface area (Å²) in [5.41, 5.74) is 4.70. The van der Waals surface area contributed by atoms with Gasteiger partial charge in [-0.2, -0.15) is 0 Å². The molecule has 1 aromatic heterocycles. The third kappa shape index (κ3) is 3.84. The summed E-state index contributed by atoms with van der Waals surface area (Å²) in [6, 6.07) is 6.29. The van der Waals surface area contributed by atoms with Crippen molar-refractivity contribution in [3.63, 3.8) is 0 Å². The molecule has 4 rings (SSSR count). The molecule has 108 valence electrons. The van der Waals surface area contributed by atoms with Gasteiger partial charge in [-0.15, -0.1) is 0 Å². The number of hydrogen-bond acceptors (Lipinski definition) is 1. The molecule has 0 saturated heterocycles. The van der Waals surface area contributed by atoms with Crippen LogP contribution in [-0.4, -0.2) is 9.97 Å². The minimum atomic E-state index is 0. The van der Waals surface area contributed by atoms with Crippen molar-refractivity contribution in [3.05, 3.63) is 72.1 Å². The molecule has 1 aromatic carbocycles. The predicted molar refractivity (Wildman–Crippen MR) is 85.5 cm³/mol. The molecule has 1 N–H and O–H groups in total. The molecule has 0 unspecified atom stereocenters. The van der Waals surface area contributed by atoms with Gasteiger partial charge in [0.15, 0.2) is 0 Å². The van der Waals surface area contributed by atoms with E-state index in [0.29, 0.717) is 0 Å². The fraction of sp³-hybridized carbons (Fsp3) is 0.167. The SMILES string of the molecule is C1=CCC=C1.Cc1ccc2nc(C3=CC=CC3)[nH]c2c1.[Fe]. The van der Waals surface area contributed by atoms with Gasteiger partial charge in [-0.05, 0) is 43.0 Å². The van der Waals surface area contributed by atoms with Gasteiger partial charge in [0.1, 0.15) is 5.82 Å². The Hall–Kier alpha value is -1.83. The molecular weight excluding hydrogens is 300 g/mol. The molecule has 2 aromatic rings. The molecule has 0 radical (unpaired) electrons. The van der Waals surface area contributed by atoms with E-state index >= 15 is 0 Å². The molecule has 0 aliphatic heterocycles. The van der Waals surface area contributed by atoms with E-state index in [1.165, 1.54) is 11.1 Å². The summed E-state index contributed by atoms with van der Waals surface area (Å²) >= 11 is 0. The van der Waals surface area contributed by atoms with Gasteiger partial charge in [-0.25, -0.2) is 4.98 Å². The van der Waals surface area contributed by atoms with Crippen LogP contribution in [0.4, 0.5) is 0 Å². The van der Waals surface area contributed by atoms with E-state index < -0.39 is 0 Å². The van der Waals surface area contributed by atoms with Gasteiger partial charge < -0.3 is 4.98 Å². The van der Waals surface area contributed by atoms with Gasteiger partial charge >= 0.3 is 0 Å².